The van der Waals surface area contributed by atoms with Gasteiger partial charge in [0, 0.05) is 22.1 Å². The van der Waals surface area contributed by atoms with Gasteiger partial charge >= 0.3 is 0 Å². The van der Waals surface area contributed by atoms with Crippen LogP contribution in [-0.2, 0) is 4.74 Å². The van der Waals surface area contributed by atoms with Gasteiger partial charge in [0.15, 0.2) is 0 Å². The van der Waals surface area contributed by atoms with Gasteiger partial charge in [-0.3, -0.25) is 0 Å². The molecule has 1 aromatic carbocycles. The molecule has 2 fully saturated rings. The number of nitrogens with one attached hydrogen (secondary N) is 1. The summed E-state index contributed by atoms with van der Waals surface area (Å²) < 4.78 is 7.31. The van der Waals surface area contributed by atoms with E-state index in [-0.39, 0.29) is 5.60 Å². The van der Waals surface area contributed by atoms with Crippen LogP contribution in [0.15, 0.2) is 22.7 Å². The fraction of sp³-hybridized carbons (Fsp3) is 0.647. The fourth-order valence-electron chi connectivity index (χ4n) is 4.12. The highest BCUT2D eigenvalue weighted by Crippen LogP contribution is 2.46. The SMILES string of the molecule is CNC(c1cc(Cl)ccc1Br)C1CCOC2(CCCC2)C1. The van der Waals surface area contributed by atoms with E-state index in [9.17, 15) is 0 Å². The molecule has 0 amide bonds. The monoisotopic (exact) mass is 371 g/mol. The summed E-state index contributed by atoms with van der Waals surface area (Å²) >= 11 is 9.89. The average Bonchev–Trinajstić information content (AvgIpc) is 2.91. The largest absolute Gasteiger partial charge is 0.375 e. The van der Waals surface area contributed by atoms with Crippen LogP contribution in [0.1, 0.15) is 50.1 Å². The maximum absolute atomic E-state index is 6.20. The molecule has 1 N–H and O–H groups in total. The predicted molar refractivity (Wildman–Crippen MR) is 90.8 cm³/mol. The van der Waals surface area contributed by atoms with Crippen molar-refractivity contribution in [3.8, 4) is 0 Å². The third-order valence-corrected chi connectivity index (χ3v) is 6.08. The van der Waals surface area contributed by atoms with Crippen molar-refractivity contribution >= 4 is 27.5 Å². The highest BCUT2D eigenvalue weighted by Gasteiger charge is 2.42. The molecule has 1 heterocycles. The summed E-state index contributed by atoms with van der Waals surface area (Å²) in [6, 6.07) is 6.40. The van der Waals surface area contributed by atoms with Crippen molar-refractivity contribution in [1.82, 2.24) is 5.32 Å². The van der Waals surface area contributed by atoms with Crippen LogP contribution in [-0.4, -0.2) is 19.3 Å². The highest BCUT2D eigenvalue weighted by atomic mass is 79.9. The van der Waals surface area contributed by atoms with Crippen LogP contribution in [0.3, 0.4) is 0 Å². The number of halogens is 2. The Morgan fingerprint density at radius 1 is 1.38 bits per heavy atom. The fourth-order valence-corrected chi connectivity index (χ4v) is 4.79. The summed E-state index contributed by atoms with van der Waals surface area (Å²) in [5.41, 5.74) is 1.42. The van der Waals surface area contributed by atoms with E-state index in [4.69, 9.17) is 16.3 Å². The molecule has 21 heavy (non-hydrogen) atoms. The Balaban J connectivity index is 1.84. The molecule has 1 spiro atoms. The number of hydrogen-bond acceptors (Lipinski definition) is 2. The number of hydrogen-bond donors (Lipinski definition) is 1. The van der Waals surface area contributed by atoms with Crippen molar-refractivity contribution in [2.75, 3.05) is 13.7 Å². The molecule has 2 atom stereocenters. The van der Waals surface area contributed by atoms with Crippen LogP contribution < -0.4 is 5.32 Å². The van der Waals surface area contributed by atoms with E-state index < -0.39 is 0 Å². The van der Waals surface area contributed by atoms with E-state index in [0.29, 0.717) is 12.0 Å². The molecule has 0 radical (unpaired) electrons. The van der Waals surface area contributed by atoms with Gasteiger partial charge < -0.3 is 10.1 Å². The summed E-state index contributed by atoms with van der Waals surface area (Å²) in [6.07, 6.45) is 7.38. The van der Waals surface area contributed by atoms with Gasteiger partial charge in [-0.2, -0.15) is 0 Å². The zero-order valence-electron chi connectivity index (χ0n) is 12.5. The van der Waals surface area contributed by atoms with Crippen molar-refractivity contribution in [1.29, 1.82) is 0 Å². The molecular formula is C17H23BrClNO. The Hall–Kier alpha value is -0.0900. The van der Waals surface area contributed by atoms with Crippen molar-refractivity contribution in [2.24, 2.45) is 5.92 Å². The second-order valence-electron chi connectivity index (χ2n) is 6.42. The van der Waals surface area contributed by atoms with Gasteiger partial charge in [-0.15, -0.1) is 0 Å². The molecular weight excluding hydrogens is 350 g/mol. The average molecular weight is 373 g/mol. The number of rotatable bonds is 3. The molecule has 1 aliphatic carbocycles. The predicted octanol–water partition coefficient (Wildman–Crippen LogP) is 5.10. The van der Waals surface area contributed by atoms with Crippen molar-refractivity contribution in [2.45, 2.75) is 50.2 Å². The molecule has 116 valence electrons. The van der Waals surface area contributed by atoms with Gasteiger partial charge in [-0.05, 0) is 62.4 Å². The molecule has 1 saturated heterocycles. The van der Waals surface area contributed by atoms with Gasteiger partial charge in [-0.1, -0.05) is 40.4 Å². The standard InChI is InChI=1S/C17H23BrClNO/c1-20-16(14-10-13(19)4-5-15(14)18)12-6-9-21-17(11-12)7-2-3-8-17/h4-5,10,12,16,20H,2-3,6-9,11H2,1H3. The molecule has 1 aliphatic heterocycles. The van der Waals surface area contributed by atoms with E-state index >= 15 is 0 Å². The minimum Gasteiger partial charge on any atom is -0.375 e. The minimum atomic E-state index is 0.156. The first-order valence-corrected chi connectivity index (χ1v) is 9.07. The highest BCUT2D eigenvalue weighted by molar-refractivity contribution is 9.10. The van der Waals surface area contributed by atoms with Gasteiger partial charge in [0.25, 0.3) is 0 Å². The van der Waals surface area contributed by atoms with Crippen molar-refractivity contribution < 1.29 is 4.74 Å². The Labute approximate surface area is 140 Å². The molecule has 0 bridgehead atoms. The van der Waals surface area contributed by atoms with Gasteiger partial charge in [0.1, 0.15) is 0 Å². The van der Waals surface area contributed by atoms with Crippen LogP contribution in [0.4, 0.5) is 0 Å². The van der Waals surface area contributed by atoms with E-state index in [2.05, 4.69) is 34.4 Å². The zero-order chi connectivity index (χ0) is 14.9. The second kappa shape index (κ2) is 6.57. The number of ether oxygens (including phenoxy) is 1. The van der Waals surface area contributed by atoms with E-state index in [1.165, 1.54) is 31.2 Å². The maximum Gasteiger partial charge on any atom is 0.0686 e. The van der Waals surface area contributed by atoms with Gasteiger partial charge in [-0.25, -0.2) is 0 Å². The lowest BCUT2D eigenvalue weighted by Gasteiger charge is -2.41. The third-order valence-electron chi connectivity index (χ3n) is 5.12. The normalized spacial score (nSPS) is 26.1. The molecule has 1 aromatic rings. The second-order valence-corrected chi connectivity index (χ2v) is 7.71. The Bertz CT molecular complexity index is 502. The number of benzene rings is 1. The summed E-state index contributed by atoms with van der Waals surface area (Å²) in [5.74, 6) is 0.608. The molecule has 2 unspecified atom stereocenters. The van der Waals surface area contributed by atoms with Crippen molar-refractivity contribution in [3.63, 3.8) is 0 Å². The van der Waals surface area contributed by atoms with E-state index in [1.807, 2.05) is 12.1 Å². The lowest BCUT2D eigenvalue weighted by Crippen LogP contribution is -2.41. The smallest absolute Gasteiger partial charge is 0.0686 e. The van der Waals surface area contributed by atoms with Crippen LogP contribution in [0, 0.1) is 5.92 Å². The first-order chi connectivity index (χ1) is 10.1. The zero-order valence-corrected chi connectivity index (χ0v) is 14.8. The molecule has 0 aromatic heterocycles. The molecule has 2 aliphatic rings. The molecule has 1 saturated carbocycles. The third kappa shape index (κ3) is 3.31. The quantitative estimate of drug-likeness (QED) is 0.796. The Kier molecular flexibility index (Phi) is 4.94. The first-order valence-electron chi connectivity index (χ1n) is 7.90. The molecule has 2 nitrogen and oxygen atoms in total. The maximum atomic E-state index is 6.20. The van der Waals surface area contributed by atoms with Crippen LogP contribution in [0.25, 0.3) is 0 Å². The Morgan fingerprint density at radius 3 is 2.86 bits per heavy atom. The summed E-state index contributed by atoms with van der Waals surface area (Å²) in [5, 5.41) is 4.32. The molecule has 4 heteroatoms. The van der Waals surface area contributed by atoms with E-state index in [0.717, 1.165) is 28.9 Å². The molecule has 3 rings (SSSR count). The van der Waals surface area contributed by atoms with E-state index in [1.54, 1.807) is 0 Å². The summed E-state index contributed by atoms with van der Waals surface area (Å²) in [6.45, 7) is 0.890. The summed E-state index contributed by atoms with van der Waals surface area (Å²) in [7, 11) is 2.05. The summed E-state index contributed by atoms with van der Waals surface area (Å²) in [4.78, 5) is 0. The first kappa shape index (κ1) is 15.8. The van der Waals surface area contributed by atoms with Crippen LogP contribution in [0.5, 0.6) is 0 Å². The van der Waals surface area contributed by atoms with Crippen LogP contribution >= 0.6 is 27.5 Å². The van der Waals surface area contributed by atoms with Crippen LogP contribution in [0.2, 0.25) is 5.02 Å². The minimum absolute atomic E-state index is 0.156. The van der Waals surface area contributed by atoms with Gasteiger partial charge in [0.05, 0.1) is 5.60 Å². The topological polar surface area (TPSA) is 21.3 Å². The van der Waals surface area contributed by atoms with Gasteiger partial charge in [0.2, 0.25) is 0 Å². The lowest BCUT2D eigenvalue weighted by atomic mass is 9.78. The lowest BCUT2D eigenvalue weighted by molar-refractivity contribution is -0.0979. The van der Waals surface area contributed by atoms with Crippen molar-refractivity contribution in [3.05, 3.63) is 33.3 Å². The Morgan fingerprint density at radius 2 is 2.14 bits per heavy atom.